The molecule has 0 saturated carbocycles. The highest BCUT2D eigenvalue weighted by Gasteiger charge is 2.51. The van der Waals surface area contributed by atoms with Gasteiger partial charge in [0.2, 0.25) is 0 Å². The van der Waals surface area contributed by atoms with Crippen LogP contribution in [0.15, 0.2) is 0 Å². The average Bonchev–Trinajstić information content (AvgIpc) is 2.63. The minimum absolute atomic E-state index is 0.0801. The van der Waals surface area contributed by atoms with Crippen LogP contribution in [0.25, 0.3) is 0 Å². The lowest BCUT2D eigenvalue weighted by Gasteiger charge is -2.37. The Labute approximate surface area is 119 Å². The number of amides is 3. The van der Waals surface area contributed by atoms with E-state index < -0.39 is 5.54 Å². The number of nitrogens with one attached hydrogen (secondary N) is 1. The molecule has 2 N–H and O–H groups in total. The summed E-state index contributed by atoms with van der Waals surface area (Å²) in [6, 6.07) is -0.370. The molecule has 2 heterocycles. The van der Waals surface area contributed by atoms with Gasteiger partial charge in [0.25, 0.3) is 5.91 Å². The number of hydrogen-bond acceptors (Lipinski definition) is 5. The van der Waals surface area contributed by atoms with Gasteiger partial charge in [0, 0.05) is 26.2 Å². The second kappa shape index (κ2) is 6.07. The zero-order valence-corrected chi connectivity index (χ0v) is 12.3. The van der Waals surface area contributed by atoms with E-state index >= 15 is 0 Å². The number of β-amino-alcohol motifs (C(OH)–C–C–N with tert-alkyl or cyclic N) is 1. The second-order valence-corrected chi connectivity index (χ2v) is 5.84. The number of piperidine rings is 1. The van der Waals surface area contributed by atoms with Gasteiger partial charge in [0.05, 0.1) is 13.2 Å². The Hall–Kier alpha value is -1.18. The zero-order valence-electron chi connectivity index (χ0n) is 12.3. The lowest BCUT2D eigenvalue weighted by Crippen LogP contribution is -2.55. The molecule has 0 aromatic heterocycles. The van der Waals surface area contributed by atoms with Crippen molar-refractivity contribution in [3.8, 4) is 0 Å². The van der Waals surface area contributed by atoms with Crippen molar-refractivity contribution >= 4 is 11.9 Å². The molecule has 7 nitrogen and oxygen atoms in total. The van der Waals surface area contributed by atoms with Crippen LogP contribution in [0.1, 0.15) is 12.8 Å². The largest absolute Gasteiger partial charge is 0.395 e. The van der Waals surface area contributed by atoms with Gasteiger partial charge in [0.15, 0.2) is 0 Å². The number of rotatable bonds is 5. The molecule has 0 atom stereocenters. The Morgan fingerprint density at radius 2 is 1.90 bits per heavy atom. The van der Waals surface area contributed by atoms with Crippen molar-refractivity contribution in [2.24, 2.45) is 0 Å². The first-order chi connectivity index (χ1) is 9.48. The van der Waals surface area contributed by atoms with Crippen LogP contribution >= 0.6 is 0 Å². The van der Waals surface area contributed by atoms with Gasteiger partial charge in [0.1, 0.15) is 5.54 Å². The standard InChI is InChI=1S/C13H24N4O3/c1-15(2)7-8-16-5-3-13(4-6-16)11(19)17(9-10-18)12(20)14-13/h18H,3-10H2,1-2H3,(H,14,20). The van der Waals surface area contributed by atoms with E-state index in [9.17, 15) is 9.59 Å². The van der Waals surface area contributed by atoms with Gasteiger partial charge in [-0.05, 0) is 26.9 Å². The molecule has 2 rings (SSSR count). The van der Waals surface area contributed by atoms with E-state index in [2.05, 4.69) is 15.1 Å². The summed E-state index contributed by atoms with van der Waals surface area (Å²) in [5.41, 5.74) is -0.735. The topological polar surface area (TPSA) is 76.1 Å². The molecule has 2 fully saturated rings. The van der Waals surface area contributed by atoms with Crippen molar-refractivity contribution in [1.82, 2.24) is 20.0 Å². The molecule has 2 aliphatic rings. The number of aliphatic hydroxyl groups excluding tert-OH is 1. The monoisotopic (exact) mass is 284 g/mol. The molecule has 0 radical (unpaired) electrons. The number of urea groups is 1. The van der Waals surface area contributed by atoms with E-state index in [-0.39, 0.29) is 25.1 Å². The summed E-state index contributed by atoms with van der Waals surface area (Å²) < 4.78 is 0. The van der Waals surface area contributed by atoms with Crippen molar-refractivity contribution in [2.75, 3.05) is 53.4 Å². The van der Waals surface area contributed by atoms with Gasteiger partial charge in [-0.3, -0.25) is 9.69 Å². The third-order valence-corrected chi connectivity index (χ3v) is 4.14. The Morgan fingerprint density at radius 1 is 1.25 bits per heavy atom. The molecule has 0 unspecified atom stereocenters. The predicted octanol–water partition coefficient (Wildman–Crippen LogP) is -1.07. The fourth-order valence-corrected chi connectivity index (χ4v) is 2.82. The maximum atomic E-state index is 12.4. The fourth-order valence-electron chi connectivity index (χ4n) is 2.82. The first kappa shape index (κ1) is 15.2. The quantitative estimate of drug-likeness (QED) is 0.629. The number of carbonyl (C=O) groups is 2. The summed E-state index contributed by atoms with van der Waals surface area (Å²) in [6.07, 6.45) is 1.29. The van der Waals surface area contributed by atoms with E-state index in [0.717, 1.165) is 31.1 Å². The Balaban J connectivity index is 1.92. The number of carbonyl (C=O) groups excluding carboxylic acids is 2. The minimum Gasteiger partial charge on any atom is -0.395 e. The number of likely N-dealkylation sites (tertiary alicyclic amines) is 1. The van der Waals surface area contributed by atoms with Gasteiger partial charge >= 0.3 is 6.03 Å². The van der Waals surface area contributed by atoms with E-state index in [1.807, 2.05) is 14.1 Å². The summed E-state index contributed by atoms with van der Waals surface area (Å²) in [4.78, 5) is 29.8. The van der Waals surface area contributed by atoms with Crippen LogP contribution in [0.2, 0.25) is 0 Å². The summed E-state index contributed by atoms with van der Waals surface area (Å²) in [7, 11) is 4.08. The van der Waals surface area contributed by atoms with Crippen LogP contribution in [-0.4, -0.2) is 90.7 Å². The van der Waals surface area contributed by atoms with Crippen molar-refractivity contribution in [1.29, 1.82) is 0 Å². The Morgan fingerprint density at radius 3 is 2.45 bits per heavy atom. The number of aliphatic hydroxyl groups is 1. The molecule has 2 aliphatic heterocycles. The lowest BCUT2D eigenvalue weighted by molar-refractivity contribution is -0.133. The van der Waals surface area contributed by atoms with Crippen LogP contribution < -0.4 is 5.32 Å². The highest BCUT2D eigenvalue weighted by molar-refractivity contribution is 6.07. The molecule has 7 heteroatoms. The van der Waals surface area contributed by atoms with Crippen molar-refractivity contribution in [3.05, 3.63) is 0 Å². The molecular formula is C13H24N4O3. The van der Waals surface area contributed by atoms with Crippen molar-refractivity contribution in [2.45, 2.75) is 18.4 Å². The molecule has 0 bridgehead atoms. The number of nitrogens with zero attached hydrogens (tertiary/aromatic N) is 3. The number of hydrogen-bond donors (Lipinski definition) is 2. The van der Waals surface area contributed by atoms with Crippen molar-refractivity contribution in [3.63, 3.8) is 0 Å². The molecule has 0 aromatic carbocycles. The van der Waals surface area contributed by atoms with Crippen LogP contribution in [0.5, 0.6) is 0 Å². The summed E-state index contributed by atoms with van der Waals surface area (Å²) in [5, 5.41) is 11.8. The average molecular weight is 284 g/mol. The molecule has 3 amide bonds. The van der Waals surface area contributed by atoms with E-state index in [1.165, 1.54) is 0 Å². The maximum absolute atomic E-state index is 12.4. The molecule has 114 valence electrons. The first-order valence-corrected chi connectivity index (χ1v) is 7.10. The second-order valence-electron chi connectivity index (χ2n) is 5.84. The van der Waals surface area contributed by atoms with E-state index in [0.29, 0.717) is 12.8 Å². The summed E-state index contributed by atoms with van der Waals surface area (Å²) >= 11 is 0. The highest BCUT2D eigenvalue weighted by Crippen LogP contribution is 2.29. The fraction of sp³-hybridized carbons (Fsp3) is 0.846. The van der Waals surface area contributed by atoms with Crippen LogP contribution in [-0.2, 0) is 4.79 Å². The van der Waals surface area contributed by atoms with E-state index in [1.54, 1.807) is 0 Å². The minimum atomic E-state index is -0.735. The van der Waals surface area contributed by atoms with Gasteiger partial charge in [-0.1, -0.05) is 0 Å². The Bertz CT molecular complexity index is 378. The summed E-state index contributed by atoms with van der Waals surface area (Å²) in [6.45, 7) is 3.48. The SMILES string of the molecule is CN(C)CCN1CCC2(CC1)NC(=O)N(CCO)C2=O. The van der Waals surface area contributed by atoms with Crippen LogP contribution in [0.4, 0.5) is 4.79 Å². The van der Waals surface area contributed by atoms with E-state index in [4.69, 9.17) is 5.11 Å². The zero-order chi connectivity index (χ0) is 14.8. The van der Waals surface area contributed by atoms with Crippen LogP contribution in [0, 0.1) is 0 Å². The Kier molecular flexibility index (Phi) is 4.62. The van der Waals surface area contributed by atoms with Gasteiger partial charge in [-0.25, -0.2) is 4.79 Å². The molecular weight excluding hydrogens is 260 g/mol. The smallest absolute Gasteiger partial charge is 0.325 e. The first-order valence-electron chi connectivity index (χ1n) is 7.10. The molecule has 0 aliphatic carbocycles. The lowest BCUT2D eigenvalue weighted by atomic mass is 9.87. The third-order valence-electron chi connectivity index (χ3n) is 4.14. The van der Waals surface area contributed by atoms with Gasteiger partial charge in [-0.15, -0.1) is 0 Å². The maximum Gasteiger partial charge on any atom is 0.325 e. The molecule has 1 spiro atoms. The third kappa shape index (κ3) is 2.94. The predicted molar refractivity (Wildman–Crippen MR) is 74.3 cm³/mol. The summed E-state index contributed by atoms with van der Waals surface area (Å²) in [5.74, 6) is -0.177. The number of imide groups is 1. The highest BCUT2D eigenvalue weighted by atomic mass is 16.3. The van der Waals surface area contributed by atoms with Gasteiger partial charge < -0.3 is 20.2 Å². The number of likely N-dealkylation sites (N-methyl/N-ethyl adjacent to an activating group) is 1. The van der Waals surface area contributed by atoms with Gasteiger partial charge in [-0.2, -0.15) is 0 Å². The molecule has 20 heavy (non-hydrogen) atoms. The van der Waals surface area contributed by atoms with Crippen molar-refractivity contribution < 1.29 is 14.7 Å². The molecule has 2 saturated heterocycles. The molecule has 0 aromatic rings. The normalized spacial score (nSPS) is 22.9. The van der Waals surface area contributed by atoms with Crippen LogP contribution in [0.3, 0.4) is 0 Å².